The minimum absolute atomic E-state index is 0.0768. The zero-order valence-corrected chi connectivity index (χ0v) is 18.6. The van der Waals surface area contributed by atoms with Crippen molar-refractivity contribution < 1.29 is 14.3 Å². The number of ether oxygens (including phenoxy) is 1. The molecule has 0 spiro atoms. The van der Waals surface area contributed by atoms with Crippen LogP contribution in [0.5, 0.6) is 0 Å². The number of hydrogen-bond donors (Lipinski definition) is 2. The van der Waals surface area contributed by atoms with Gasteiger partial charge in [0.2, 0.25) is 5.91 Å². The molecule has 0 aliphatic carbocycles. The number of hydrogen-bond acceptors (Lipinski definition) is 5. The fourth-order valence-corrected chi connectivity index (χ4v) is 3.74. The number of imidazole rings is 1. The summed E-state index contributed by atoms with van der Waals surface area (Å²) < 4.78 is 6.89. The van der Waals surface area contributed by atoms with Gasteiger partial charge in [-0.15, -0.1) is 0 Å². The lowest BCUT2D eigenvalue weighted by Crippen LogP contribution is -2.27. The minimum atomic E-state index is -0.301. The van der Waals surface area contributed by atoms with E-state index in [4.69, 9.17) is 4.74 Å². The van der Waals surface area contributed by atoms with Gasteiger partial charge in [0, 0.05) is 32.6 Å². The summed E-state index contributed by atoms with van der Waals surface area (Å²) >= 11 is 0. The largest absolute Gasteiger partial charge is 0.375 e. The molecule has 0 bridgehead atoms. The van der Waals surface area contributed by atoms with Crippen molar-refractivity contribution >= 4 is 28.5 Å². The number of nitrogens with one attached hydrogen (secondary N) is 2. The second-order valence-electron chi connectivity index (χ2n) is 7.79. The Kier molecular flexibility index (Phi) is 6.80. The third-order valence-electron chi connectivity index (χ3n) is 5.30. The third kappa shape index (κ3) is 5.27. The predicted octanol–water partition coefficient (Wildman–Crippen LogP) is 2.86. The summed E-state index contributed by atoms with van der Waals surface area (Å²) in [5.41, 5.74) is 4.36. The number of aromatic amines is 1. The molecule has 0 radical (unpaired) electrons. The SMILES string of the molecule is COCC(=O)Nc1cc(C(=O)N(C)Cc2ccn[nH]2)c2c(c1)ncn2CCc1ccccc1. The molecule has 2 aromatic heterocycles. The van der Waals surface area contributed by atoms with Gasteiger partial charge in [0.1, 0.15) is 6.61 Å². The second kappa shape index (κ2) is 10.1. The highest BCUT2D eigenvalue weighted by molar-refractivity contribution is 6.07. The first-order chi connectivity index (χ1) is 16.0. The highest BCUT2D eigenvalue weighted by Crippen LogP contribution is 2.25. The van der Waals surface area contributed by atoms with E-state index in [-0.39, 0.29) is 18.4 Å². The van der Waals surface area contributed by atoms with E-state index >= 15 is 0 Å². The number of benzene rings is 2. The number of aromatic nitrogens is 4. The summed E-state index contributed by atoms with van der Waals surface area (Å²) in [6, 6.07) is 15.5. The molecule has 2 N–H and O–H groups in total. The van der Waals surface area contributed by atoms with Gasteiger partial charge >= 0.3 is 0 Å². The maximum absolute atomic E-state index is 13.5. The Morgan fingerprint density at radius 2 is 2.00 bits per heavy atom. The summed E-state index contributed by atoms with van der Waals surface area (Å²) in [6.45, 7) is 0.964. The van der Waals surface area contributed by atoms with Gasteiger partial charge in [0.15, 0.2) is 0 Å². The van der Waals surface area contributed by atoms with Crippen LogP contribution in [-0.2, 0) is 29.0 Å². The lowest BCUT2D eigenvalue weighted by atomic mass is 10.1. The molecule has 2 heterocycles. The van der Waals surface area contributed by atoms with Crippen molar-refractivity contribution in [2.24, 2.45) is 0 Å². The van der Waals surface area contributed by atoms with Crippen molar-refractivity contribution in [3.05, 3.63) is 77.9 Å². The smallest absolute Gasteiger partial charge is 0.256 e. The average molecular weight is 447 g/mol. The molecule has 4 aromatic rings. The molecule has 33 heavy (non-hydrogen) atoms. The van der Waals surface area contributed by atoms with Crippen molar-refractivity contribution in [1.82, 2.24) is 24.6 Å². The van der Waals surface area contributed by atoms with Crippen LogP contribution in [0, 0.1) is 0 Å². The van der Waals surface area contributed by atoms with Crippen LogP contribution < -0.4 is 5.32 Å². The number of carbonyl (C=O) groups is 2. The van der Waals surface area contributed by atoms with Gasteiger partial charge in [-0.1, -0.05) is 30.3 Å². The molecule has 0 unspecified atom stereocenters. The quantitative estimate of drug-likeness (QED) is 0.411. The van der Waals surface area contributed by atoms with E-state index in [0.717, 1.165) is 17.6 Å². The normalized spacial score (nSPS) is 11.0. The van der Waals surface area contributed by atoms with Gasteiger partial charge in [0.25, 0.3) is 5.91 Å². The second-order valence-corrected chi connectivity index (χ2v) is 7.79. The van der Waals surface area contributed by atoms with Gasteiger partial charge in [-0.25, -0.2) is 4.98 Å². The molecule has 0 aliphatic rings. The highest BCUT2D eigenvalue weighted by Gasteiger charge is 2.21. The van der Waals surface area contributed by atoms with E-state index in [1.807, 2.05) is 28.8 Å². The van der Waals surface area contributed by atoms with E-state index in [1.54, 1.807) is 36.6 Å². The predicted molar refractivity (Wildman–Crippen MR) is 125 cm³/mol. The molecule has 2 aromatic carbocycles. The molecular weight excluding hydrogens is 420 g/mol. The van der Waals surface area contributed by atoms with Crippen molar-refractivity contribution in [1.29, 1.82) is 0 Å². The van der Waals surface area contributed by atoms with Crippen LogP contribution in [0.1, 0.15) is 21.6 Å². The molecule has 9 heteroatoms. The maximum atomic E-state index is 13.5. The molecule has 0 aliphatic heterocycles. The monoisotopic (exact) mass is 446 g/mol. The Morgan fingerprint density at radius 3 is 2.73 bits per heavy atom. The molecule has 170 valence electrons. The Balaban J connectivity index is 1.68. The summed E-state index contributed by atoms with van der Waals surface area (Å²) in [5, 5.41) is 9.60. The first kappa shape index (κ1) is 22.2. The molecule has 0 fully saturated rings. The lowest BCUT2D eigenvalue weighted by molar-refractivity contribution is -0.119. The number of methoxy groups -OCH3 is 1. The lowest BCUT2D eigenvalue weighted by Gasteiger charge is -2.18. The number of fused-ring (bicyclic) bond motifs is 1. The van der Waals surface area contributed by atoms with E-state index in [9.17, 15) is 9.59 Å². The fourth-order valence-electron chi connectivity index (χ4n) is 3.74. The van der Waals surface area contributed by atoms with E-state index in [1.165, 1.54) is 12.7 Å². The van der Waals surface area contributed by atoms with Gasteiger partial charge in [-0.2, -0.15) is 5.10 Å². The van der Waals surface area contributed by atoms with Gasteiger partial charge in [-0.05, 0) is 30.2 Å². The van der Waals surface area contributed by atoms with E-state index in [0.29, 0.717) is 29.9 Å². The molecule has 0 saturated heterocycles. The van der Waals surface area contributed by atoms with Crippen molar-refractivity contribution in [2.75, 3.05) is 26.1 Å². The molecule has 0 saturated carbocycles. The zero-order valence-electron chi connectivity index (χ0n) is 18.6. The summed E-state index contributed by atoms with van der Waals surface area (Å²) in [6.07, 6.45) is 4.19. The summed E-state index contributed by atoms with van der Waals surface area (Å²) in [5.74, 6) is -0.483. The van der Waals surface area contributed by atoms with Crippen LogP contribution in [0.25, 0.3) is 11.0 Å². The third-order valence-corrected chi connectivity index (χ3v) is 5.30. The van der Waals surface area contributed by atoms with Crippen LogP contribution in [0.3, 0.4) is 0 Å². The summed E-state index contributed by atoms with van der Waals surface area (Å²) in [7, 11) is 3.19. The van der Waals surface area contributed by atoms with E-state index < -0.39 is 0 Å². The van der Waals surface area contributed by atoms with Gasteiger partial charge < -0.3 is 19.5 Å². The van der Waals surface area contributed by atoms with Crippen molar-refractivity contribution in [3.63, 3.8) is 0 Å². The zero-order chi connectivity index (χ0) is 23.2. The first-order valence-corrected chi connectivity index (χ1v) is 10.6. The summed E-state index contributed by atoms with van der Waals surface area (Å²) in [4.78, 5) is 31.7. The standard InChI is InChI=1S/C24H26N6O3/c1-29(14-18-8-10-26-28-18)24(32)20-12-19(27-22(31)15-33-2)13-21-23(20)30(16-25-21)11-9-17-6-4-3-5-7-17/h3-8,10,12-13,16H,9,11,14-15H2,1-2H3,(H,26,28)(H,27,31). The Bertz CT molecular complexity index is 1230. The van der Waals surface area contributed by atoms with Crippen molar-refractivity contribution in [2.45, 2.75) is 19.5 Å². The first-order valence-electron chi connectivity index (χ1n) is 10.6. The van der Waals surface area contributed by atoms with Crippen LogP contribution in [0.2, 0.25) is 0 Å². The Labute approximate surface area is 191 Å². The fraction of sp³-hybridized carbons (Fsp3) is 0.250. The van der Waals surface area contributed by atoms with Crippen LogP contribution in [-0.4, -0.2) is 57.2 Å². The minimum Gasteiger partial charge on any atom is -0.375 e. The number of amides is 2. The van der Waals surface area contributed by atoms with E-state index in [2.05, 4.69) is 32.6 Å². The van der Waals surface area contributed by atoms with Gasteiger partial charge in [-0.3, -0.25) is 14.7 Å². The Hall–Kier alpha value is -3.98. The maximum Gasteiger partial charge on any atom is 0.256 e. The molecule has 0 atom stereocenters. The van der Waals surface area contributed by atoms with Crippen molar-refractivity contribution in [3.8, 4) is 0 Å². The number of H-pyrrole nitrogens is 1. The van der Waals surface area contributed by atoms with Crippen LogP contribution in [0.15, 0.2) is 61.1 Å². The number of nitrogens with zero attached hydrogens (tertiary/aromatic N) is 4. The number of aryl methyl sites for hydroxylation is 2. The van der Waals surface area contributed by atoms with Crippen LogP contribution >= 0.6 is 0 Å². The highest BCUT2D eigenvalue weighted by atomic mass is 16.5. The molecule has 4 rings (SSSR count). The average Bonchev–Trinajstić information content (AvgIpc) is 3.47. The number of anilines is 1. The number of carbonyl (C=O) groups excluding carboxylic acids is 2. The van der Waals surface area contributed by atoms with Gasteiger partial charge in [0.05, 0.1) is 35.2 Å². The topological polar surface area (TPSA) is 105 Å². The molecule has 9 nitrogen and oxygen atoms in total. The molecular formula is C24H26N6O3. The van der Waals surface area contributed by atoms with Crippen LogP contribution in [0.4, 0.5) is 5.69 Å². The Morgan fingerprint density at radius 1 is 1.18 bits per heavy atom. The number of rotatable bonds is 9. The molecule has 2 amide bonds.